The molecule has 2 aliphatic carbocycles. The molecular formula is C10H14. The fourth-order valence-corrected chi connectivity index (χ4v) is 1.91. The first-order chi connectivity index (χ1) is 4.95. The minimum atomic E-state index is 1.31. The van der Waals surface area contributed by atoms with Crippen LogP contribution in [-0.2, 0) is 0 Å². The van der Waals surface area contributed by atoms with Crippen molar-refractivity contribution in [1.29, 1.82) is 0 Å². The van der Waals surface area contributed by atoms with Gasteiger partial charge in [0.15, 0.2) is 0 Å². The number of allylic oxidation sites excluding steroid dienone is 4. The Morgan fingerprint density at radius 2 is 1.70 bits per heavy atom. The Morgan fingerprint density at radius 1 is 0.900 bits per heavy atom. The van der Waals surface area contributed by atoms with Crippen LogP contribution in [0.2, 0.25) is 0 Å². The average molecular weight is 134 g/mol. The number of hydrogen-bond donors (Lipinski definition) is 0. The van der Waals surface area contributed by atoms with Gasteiger partial charge in [0.25, 0.3) is 0 Å². The summed E-state index contributed by atoms with van der Waals surface area (Å²) in [6, 6.07) is 0. The first-order valence-corrected chi connectivity index (χ1v) is 4.31. The molecule has 0 amide bonds. The molecule has 2 rings (SSSR count). The van der Waals surface area contributed by atoms with E-state index in [4.69, 9.17) is 0 Å². The summed E-state index contributed by atoms with van der Waals surface area (Å²) in [5, 5.41) is 0. The van der Waals surface area contributed by atoms with Crippen LogP contribution in [0.4, 0.5) is 0 Å². The SMILES string of the molecule is C1=C2CCC=C(CCC1)C2. The van der Waals surface area contributed by atoms with Crippen LogP contribution < -0.4 is 0 Å². The third-order valence-electron chi connectivity index (χ3n) is 2.49. The maximum absolute atomic E-state index is 2.46. The minimum absolute atomic E-state index is 1.31. The molecule has 0 saturated heterocycles. The van der Waals surface area contributed by atoms with Gasteiger partial charge in [0, 0.05) is 0 Å². The molecule has 0 N–H and O–H groups in total. The van der Waals surface area contributed by atoms with E-state index in [1.165, 1.54) is 38.5 Å². The highest BCUT2D eigenvalue weighted by Crippen LogP contribution is 2.29. The van der Waals surface area contributed by atoms with Crippen molar-refractivity contribution in [2.24, 2.45) is 0 Å². The Hall–Kier alpha value is -0.520. The van der Waals surface area contributed by atoms with Gasteiger partial charge in [0.1, 0.15) is 0 Å². The quantitative estimate of drug-likeness (QED) is 0.446. The zero-order valence-electron chi connectivity index (χ0n) is 6.40. The molecule has 10 heavy (non-hydrogen) atoms. The molecule has 0 aromatic carbocycles. The Bertz CT molecular complexity index is 184. The molecule has 0 fully saturated rings. The van der Waals surface area contributed by atoms with Crippen LogP contribution in [0.5, 0.6) is 0 Å². The molecule has 0 aromatic rings. The van der Waals surface area contributed by atoms with Crippen molar-refractivity contribution in [2.75, 3.05) is 0 Å². The molecule has 0 aromatic heterocycles. The summed E-state index contributed by atoms with van der Waals surface area (Å²) in [7, 11) is 0. The molecule has 0 heteroatoms. The van der Waals surface area contributed by atoms with Crippen LogP contribution in [0.1, 0.15) is 38.5 Å². The standard InChI is InChI=1S/C10H14/c1-2-5-10-7-3-6-9(4-1)8-10/h4,7H,1-3,5-6,8H2. The third-order valence-corrected chi connectivity index (χ3v) is 2.49. The first kappa shape index (κ1) is 6.21. The van der Waals surface area contributed by atoms with Gasteiger partial charge in [0.05, 0.1) is 0 Å². The Labute approximate surface area is 62.6 Å². The molecule has 2 bridgehead atoms. The maximum Gasteiger partial charge on any atom is -0.0108 e. The van der Waals surface area contributed by atoms with Crippen molar-refractivity contribution in [1.82, 2.24) is 0 Å². The van der Waals surface area contributed by atoms with E-state index in [1.807, 2.05) is 0 Å². The highest BCUT2D eigenvalue weighted by molar-refractivity contribution is 5.22. The van der Waals surface area contributed by atoms with Gasteiger partial charge in [-0.3, -0.25) is 0 Å². The molecule has 0 unspecified atom stereocenters. The second-order valence-electron chi connectivity index (χ2n) is 3.33. The van der Waals surface area contributed by atoms with Crippen LogP contribution in [0.15, 0.2) is 23.3 Å². The Balaban J connectivity index is 2.23. The zero-order chi connectivity index (χ0) is 6.81. The fraction of sp³-hybridized carbons (Fsp3) is 0.600. The molecule has 0 atom stereocenters. The van der Waals surface area contributed by atoms with Crippen molar-refractivity contribution >= 4 is 0 Å². The summed E-state index contributed by atoms with van der Waals surface area (Å²) < 4.78 is 0. The summed E-state index contributed by atoms with van der Waals surface area (Å²) in [6.45, 7) is 0. The van der Waals surface area contributed by atoms with Gasteiger partial charge < -0.3 is 0 Å². The lowest BCUT2D eigenvalue weighted by molar-refractivity contribution is 0.802. The molecule has 0 aliphatic heterocycles. The first-order valence-electron chi connectivity index (χ1n) is 4.31. The van der Waals surface area contributed by atoms with Gasteiger partial charge in [-0.25, -0.2) is 0 Å². The van der Waals surface area contributed by atoms with Crippen molar-refractivity contribution in [3.8, 4) is 0 Å². The summed E-state index contributed by atoms with van der Waals surface area (Å²) in [5.74, 6) is 0. The highest BCUT2D eigenvalue weighted by Gasteiger charge is 2.10. The van der Waals surface area contributed by atoms with E-state index in [1.54, 1.807) is 11.1 Å². The summed E-state index contributed by atoms with van der Waals surface area (Å²) >= 11 is 0. The predicted molar refractivity (Wildman–Crippen MR) is 43.9 cm³/mol. The van der Waals surface area contributed by atoms with Crippen LogP contribution in [-0.4, -0.2) is 0 Å². The van der Waals surface area contributed by atoms with E-state index in [0.29, 0.717) is 0 Å². The maximum atomic E-state index is 2.46. The molecule has 0 nitrogen and oxygen atoms in total. The summed E-state index contributed by atoms with van der Waals surface area (Å²) in [4.78, 5) is 0. The van der Waals surface area contributed by atoms with Gasteiger partial charge >= 0.3 is 0 Å². The van der Waals surface area contributed by atoms with Crippen molar-refractivity contribution < 1.29 is 0 Å². The number of rotatable bonds is 0. The van der Waals surface area contributed by atoms with Gasteiger partial charge in [-0.2, -0.15) is 0 Å². The van der Waals surface area contributed by atoms with Crippen molar-refractivity contribution in [3.63, 3.8) is 0 Å². The smallest absolute Gasteiger partial charge is 0.0108 e. The Kier molecular flexibility index (Phi) is 1.62. The largest absolute Gasteiger partial charge is 0.0850 e. The van der Waals surface area contributed by atoms with Gasteiger partial charge in [-0.15, -0.1) is 0 Å². The van der Waals surface area contributed by atoms with Crippen LogP contribution in [0.3, 0.4) is 0 Å². The van der Waals surface area contributed by atoms with Gasteiger partial charge in [-0.05, 0) is 38.5 Å². The van der Waals surface area contributed by atoms with E-state index in [2.05, 4.69) is 12.2 Å². The molecule has 0 spiro atoms. The molecule has 54 valence electrons. The van der Waals surface area contributed by atoms with Crippen LogP contribution in [0.25, 0.3) is 0 Å². The van der Waals surface area contributed by atoms with E-state index in [-0.39, 0.29) is 0 Å². The van der Waals surface area contributed by atoms with Gasteiger partial charge in [-0.1, -0.05) is 23.3 Å². The second kappa shape index (κ2) is 2.61. The number of fused-ring (bicyclic) bond motifs is 2. The number of hydrogen-bond acceptors (Lipinski definition) is 0. The van der Waals surface area contributed by atoms with E-state index in [0.717, 1.165) is 0 Å². The topological polar surface area (TPSA) is 0 Å². The lowest BCUT2D eigenvalue weighted by atomic mass is 9.94. The second-order valence-corrected chi connectivity index (χ2v) is 3.33. The molecular weight excluding hydrogens is 120 g/mol. The highest BCUT2D eigenvalue weighted by atomic mass is 14.2. The fourth-order valence-electron chi connectivity index (χ4n) is 1.91. The van der Waals surface area contributed by atoms with Crippen LogP contribution >= 0.6 is 0 Å². The summed E-state index contributed by atoms with van der Waals surface area (Å²) in [6.07, 6.45) is 12.9. The van der Waals surface area contributed by atoms with E-state index in [9.17, 15) is 0 Å². The molecule has 0 radical (unpaired) electrons. The van der Waals surface area contributed by atoms with E-state index >= 15 is 0 Å². The third kappa shape index (κ3) is 1.16. The molecule has 0 heterocycles. The monoisotopic (exact) mass is 134 g/mol. The summed E-state index contributed by atoms with van der Waals surface area (Å²) in [5.41, 5.74) is 3.41. The minimum Gasteiger partial charge on any atom is -0.0850 e. The zero-order valence-corrected chi connectivity index (χ0v) is 6.40. The molecule has 2 aliphatic rings. The van der Waals surface area contributed by atoms with Crippen LogP contribution in [0, 0.1) is 0 Å². The molecule has 0 saturated carbocycles. The van der Waals surface area contributed by atoms with Gasteiger partial charge in [0.2, 0.25) is 0 Å². The Morgan fingerprint density at radius 3 is 2.70 bits per heavy atom. The van der Waals surface area contributed by atoms with E-state index < -0.39 is 0 Å². The normalized spacial score (nSPS) is 24.8. The lowest BCUT2D eigenvalue weighted by Gasteiger charge is -2.12. The van der Waals surface area contributed by atoms with Crippen molar-refractivity contribution in [3.05, 3.63) is 23.3 Å². The average Bonchev–Trinajstić information content (AvgIpc) is 2.12. The van der Waals surface area contributed by atoms with Crippen molar-refractivity contribution in [2.45, 2.75) is 38.5 Å². The lowest BCUT2D eigenvalue weighted by Crippen LogP contribution is -1.92. The predicted octanol–water partition coefficient (Wildman–Crippen LogP) is 3.21.